The molecule has 3 heterocycles. The summed E-state index contributed by atoms with van der Waals surface area (Å²) in [6.45, 7) is 2.10. The quantitative estimate of drug-likeness (QED) is 0.425. The Morgan fingerprint density at radius 3 is 2.66 bits per heavy atom. The van der Waals surface area contributed by atoms with Crippen molar-refractivity contribution in [3.05, 3.63) is 83.9 Å². The monoisotopic (exact) mass is 423 g/mol. The number of furan rings is 1. The number of primary amides is 1. The van der Waals surface area contributed by atoms with Crippen molar-refractivity contribution in [1.29, 1.82) is 0 Å². The predicted molar refractivity (Wildman–Crippen MR) is 125 cm³/mol. The van der Waals surface area contributed by atoms with Gasteiger partial charge < -0.3 is 15.9 Å². The number of carbonyl (C=O) groups excluding carboxylic acids is 1. The summed E-state index contributed by atoms with van der Waals surface area (Å²) >= 11 is 0. The fourth-order valence-corrected chi connectivity index (χ4v) is 3.55. The van der Waals surface area contributed by atoms with Crippen LogP contribution in [0.25, 0.3) is 27.7 Å². The highest BCUT2D eigenvalue weighted by Crippen LogP contribution is 2.35. The van der Waals surface area contributed by atoms with Gasteiger partial charge >= 0.3 is 0 Å². The highest BCUT2D eigenvalue weighted by atomic mass is 16.3. The van der Waals surface area contributed by atoms with Crippen molar-refractivity contribution in [1.82, 2.24) is 14.6 Å². The number of carbonyl (C=O) groups is 1. The summed E-state index contributed by atoms with van der Waals surface area (Å²) in [6.07, 6.45) is 9.54. The number of aromatic nitrogens is 3. The van der Waals surface area contributed by atoms with E-state index in [0.717, 1.165) is 34.3 Å². The van der Waals surface area contributed by atoms with Crippen molar-refractivity contribution in [3.8, 4) is 23.5 Å². The lowest BCUT2D eigenvalue weighted by Crippen LogP contribution is -2.12. The van der Waals surface area contributed by atoms with Gasteiger partial charge in [-0.15, -0.1) is 11.5 Å². The molecule has 2 aromatic carbocycles. The van der Waals surface area contributed by atoms with Crippen LogP contribution in [-0.2, 0) is 6.42 Å². The molecule has 0 saturated heterocycles. The van der Waals surface area contributed by atoms with Crippen molar-refractivity contribution >= 4 is 28.3 Å². The summed E-state index contributed by atoms with van der Waals surface area (Å²) in [5.74, 6) is 3.18. The molecule has 0 fully saturated rings. The first-order valence-electron chi connectivity index (χ1n) is 9.99. The minimum Gasteiger partial charge on any atom is -0.460 e. The Kier molecular flexibility index (Phi) is 5.60. The number of hydrogen-bond donors (Lipinski definition) is 2. The molecule has 158 valence electrons. The summed E-state index contributed by atoms with van der Waals surface area (Å²) in [6, 6.07) is 17.9. The van der Waals surface area contributed by atoms with Gasteiger partial charge in [0.05, 0.1) is 0 Å². The lowest BCUT2D eigenvalue weighted by molar-refractivity contribution is 0.100. The van der Waals surface area contributed by atoms with E-state index in [4.69, 9.17) is 22.3 Å². The molecular weight excluding hydrogens is 402 g/mol. The van der Waals surface area contributed by atoms with Gasteiger partial charge in [-0.1, -0.05) is 43.2 Å². The number of nitrogens with zero attached hydrogens (tertiary/aromatic N) is 3. The van der Waals surface area contributed by atoms with Gasteiger partial charge in [-0.2, -0.15) is 0 Å². The summed E-state index contributed by atoms with van der Waals surface area (Å²) in [7, 11) is 0. The molecule has 0 unspecified atom stereocenters. The molecule has 7 heteroatoms. The lowest BCUT2D eigenvalue weighted by atomic mass is 10.00. The largest absolute Gasteiger partial charge is 0.460 e. The van der Waals surface area contributed by atoms with Crippen LogP contribution in [0.3, 0.4) is 0 Å². The highest BCUT2D eigenvalue weighted by molar-refractivity contribution is 6.03. The summed E-state index contributed by atoms with van der Waals surface area (Å²) in [5.41, 5.74) is 15.3. The van der Waals surface area contributed by atoms with Crippen LogP contribution in [0.4, 0.5) is 5.82 Å². The van der Waals surface area contributed by atoms with E-state index in [-0.39, 0.29) is 11.4 Å². The minimum absolute atomic E-state index is 0.103. The van der Waals surface area contributed by atoms with Crippen LogP contribution in [0.15, 0.2) is 71.4 Å². The van der Waals surface area contributed by atoms with E-state index in [9.17, 15) is 4.79 Å². The molecule has 0 bridgehead atoms. The van der Waals surface area contributed by atoms with E-state index < -0.39 is 5.91 Å². The lowest BCUT2D eigenvalue weighted by Gasteiger charge is -2.01. The fourth-order valence-electron chi connectivity index (χ4n) is 3.55. The van der Waals surface area contributed by atoms with Crippen LogP contribution in [0, 0.1) is 12.3 Å². The molecule has 0 atom stereocenters. The molecule has 0 aliphatic carbocycles. The number of fused-ring (bicyclic) bond motifs is 2. The smallest absolute Gasteiger partial charge is 0.256 e. The van der Waals surface area contributed by atoms with Gasteiger partial charge in [0.25, 0.3) is 5.91 Å². The van der Waals surface area contributed by atoms with E-state index in [1.807, 2.05) is 36.4 Å². The second-order valence-corrected chi connectivity index (χ2v) is 6.99. The second kappa shape index (κ2) is 8.66. The SMILES string of the molecule is C#Cc1ccc2oc(CC)c(-c3ccccc3)c2c1.NC(=O)c1c(N)nn2cccnc12. The Morgan fingerprint density at radius 1 is 1.19 bits per heavy atom. The molecule has 0 aliphatic rings. The molecule has 32 heavy (non-hydrogen) atoms. The number of nitrogens with two attached hydrogens (primary N) is 2. The van der Waals surface area contributed by atoms with Crippen molar-refractivity contribution in [3.63, 3.8) is 0 Å². The Balaban J connectivity index is 0.000000165. The third kappa shape index (κ3) is 3.77. The average molecular weight is 423 g/mol. The Hall–Kier alpha value is -4.57. The zero-order valence-electron chi connectivity index (χ0n) is 17.4. The maximum Gasteiger partial charge on any atom is 0.256 e. The minimum atomic E-state index is -0.619. The predicted octanol–water partition coefficient (Wildman–Crippen LogP) is 4.05. The van der Waals surface area contributed by atoms with Crippen LogP contribution >= 0.6 is 0 Å². The third-order valence-corrected chi connectivity index (χ3v) is 4.98. The first-order chi connectivity index (χ1) is 15.5. The average Bonchev–Trinajstić information content (AvgIpc) is 3.35. The van der Waals surface area contributed by atoms with E-state index in [2.05, 4.69) is 35.1 Å². The number of aryl methyl sites for hydroxylation is 1. The molecule has 7 nitrogen and oxygen atoms in total. The van der Waals surface area contributed by atoms with Crippen LogP contribution in [0.5, 0.6) is 0 Å². The zero-order chi connectivity index (χ0) is 22.7. The summed E-state index contributed by atoms with van der Waals surface area (Å²) in [4.78, 5) is 14.9. The molecule has 0 spiro atoms. The standard InChI is InChI=1S/C18H14O.C7H7N5O/c1-3-13-10-11-17-15(12-13)18(16(4-2)19-17)14-8-6-5-7-9-14;8-5-4(6(9)13)7-10-2-1-3-12(7)11-5/h1,5-12H,4H2,2H3;1-3H,(H2,8,11)(H2,9,13). The van der Waals surface area contributed by atoms with Gasteiger partial charge in [0.15, 0.2) is 11.5 Å². The molecule has 0 radical (unpaired) electrons. The number of nitrogen functional groups attached to an aromatic ring is 1. The topological polar surface area (TPSA) is 112 Å². The fraction of sp³-hybridized carbons (Fsp3) is 0.0800. The highest BCUT2D eigenvalue weighted by Gasteiger charge is 2.16. The van der Waals surface area contributed by atoms with E-state index in [1.165, 1.54) is 10.1 Å². The number of terminal acetylenes is 1. The normalized spacial score (nSPS) is 10.5. The van der Waals surface area contributed by atoms with Crippen LogP contribution in [0.1, 0.15) is 28.6 Å². The zero-order valence-corrected chi connectivity index (χ0v) is 17.4. The van der Waals surface area contributed by atoms with E-state index in [0.29, 0.717) is 5.65 Å². The van der Waals surface area contributed by atoms with Gasteiger partial charge in [-0.25, -0.2) is 9.50 Å². The van der Waals surface area contributed by atoms with Gasteiger partial charge in [-0.05, 0) is 29.8 Å². The van der Waals surface area contributed by atoms with Crippen LogP contribution in [-0.4, -0.2) is 20.5 Å². The molecule has 0 saturated carbocycles. The van der Waals surface area contributed by atoms with Crippen molar-refractivity contribution < 1.29 is 9.21 Å². The van der Waals surface area contributed by atoms with Crippen LogP contribution in [0.2, 0.25) is 0 Å². The molecule has 3 aromatic heterocycles. The Bertz CT molecular complexity index is 1460. The number of hydrogen-bond acceptors (Lipinski definition) is 5. The van der Waals surface area contributed by atoms with Crippen molar-refractivity contribution in [2.24, 2.45) is 5.73 Å². The molecule has 1 amide bonds. The van der Waals surface area contributed by atoms with Crippen molar-refractivity contribution in [2.45, 2.75) is 13.3 Å². The maximum atomic E-state index is 10.9. The first-order valence-corrected chi connectivity index (χ1v) is 9.99. The number of anilines is 1. The van der Waals surface area contributed by atoms with Gasteiger partial charge in [0.2, 0.25) is 0 Å². The Labute approximate surface area is 184 Å². The summed E-state index contributed by atoms with van der Waals surface area (Å²) < 4.78 is 7.35. The van der Waals surface area contributed by atoms with Gasteiger partial charge in [0, 0.05) is 35.3 Å². The van der Waals surface area contributed by atoms with Gasteiger partial charge in [-0.3, -0.25) is 4.79 Å². The Morgan fingerprint density at radius 2 is 1.97 bits per heavy atom. The summed E-state index contributed by atoms with van der Waals surface area (Å²) in [5, 5.41) is 4.96. The molecule has 0 aliphatic heterocycles. The maximum absolute atomic E-state index is 10.9. The number of benzene rings is 2. The van der Waals surface area contributed by atoms with E-state index >= 15 is 0 Å². The third-order valence-electron chi connectivity index (χ3n) is 4.98. The number of rotatable bonds is 3. The second-order valence-electron chi connectivity index (χ2n) is 6.99. The molecule has 4 N–H and O–H groups in total. The first kappa shape index (κ1) is 20.7. The molecule has 5 rings (SSSR count). The molecular formula is C25H21N5O2. The van der Waals surface area contributed by atoms with Crippen LogP contribution < -0.4 is 11.5 Å². The van der Waals surface area contributed by atoms with Gasteiger partial charge in [0.1, 0.15) is 16.9 Å². The van der Waals surface area contributed by atoms with Crippen molar-refractivity contribution in [2.75, 3.05) is 5.73 Å². The van der Waals surface area contributed by atoms with E-state index in [1.54, 1.807) is 18.5 Å². The molecule has 5 aromatic rings. The number of amides is 1.